The number of hydrogen-bond acceptors (Lipinski definition) is 4. The Morgan fingerprint density at radius 3 is 2.75 bits per heavy atom. The van der Waals surface area contributed by atoms with Crippen LogP contribution < -0.4 is 15.4 Å². The minimum atomic E-state index is 0.345. The normalized spacial score (nSPS) is 15.2. The topological polar surface area (TPSA) is 71.7 Å². The number of para-hydroxylation sites is 1. The maximum Gasteiger partial charge on any atom is 0.191 e. The molecule has 1 saturated carbocycles. The van der Waals surface area contributed by atoms with Crippen molar-refractivity contribution in [3.63, 3.8) is 0 Å². The SMILES string of the molecule is CCNC(=NCc1ccccc1OC1CCCC1)NCc1cc(C(C)C)no1. The van der Waals surface area contributed by atoms with Gasteiger partial charge in [-0.05, 0) is 44.6 Å². The lowest BCUT2D eigenvalue weighted by atomic mass is 10.1. The van der Waals surface area contributed by atoms with E-state index in [1.54, 1.807) is 0 Å². The fourth-order valence-corrected chi connectivity index (χ4v) is 3.30. The first kappa shape index (κ1) is 20.2. The molecule has 28 heavy (non-hydrogen) atoms. The molecule has 1 fully saturated rings. The van der Waals surface area contributed by atoms with Crippen LogP contribution in [-0.4, -0.2) is 23.8 Å². The minimum absolute atomic E-state index is 0.345. The third-order valence-corrected chi connectivity index (χ3v) is 4.92. The summed E-state index contributed by atoms with van der Waals surface area (Å²) in [6, 6.07) is 10.2. The summed E-state index contributed by atoms with van der Waals surface area (Å²) in [6.45, 7) is 8.16. The molecule has 152 valence electrons. The Morgan fingerprint density at radius 2 is 2.04 bits per heavy atom. The summed E-state index contributed by atoms with van der Waals surface area (Å²) >= 11 is 0. The lowest BCUT2D eigenvalue weighted by molar-refractivity contribution is 0.208. The molecule has 1 heterocycles. The monoisotopic (exact) mass is 384 g/mol. The van der Waals surface area contributed by atoms with Crippen LogP contribution >= 0.6 is 0 Å². The van der Waals surface area contributed by atoms with Gasteiger partial charge >= 0.3 is 0 Å². The van der Waals surface area contributed by atoms with E-state index in [0.29, 0.717) is 25.1 Å². The Bertz CT molecular complexity index is 763. The highest BCUT2D eigenvalue weighted by Gasteiger charge is 2.17. The van der Waals surface area contributed by atoms with Crippen molar-refractivity contribution in [2.45, 2.75) is 71.6 Å². The number of benzene rings is 1. The van der Waals surface area contributed by atoms with Crippen molar-refractivity contribution in [2.24, 2.45) is 4.99 Å². The van der Waals surface area contributed by atoms with Crippen molar-refractivity contribution in [1.29, 1.82) is 0 Å². The third-order valence-electron chi connectivity index (χ3n) is 4.92. The smallest absolute Gasteiger partial charge is 0.191 e. The molecule has 0 atom stereocenters. The molecule has 0 aliphatic heterocycles. The van der Waals surface area contributed by atoms with Gasteiger partial charge in [-0.3, -0.25) is 0 Å². The van der Waals surface area contributed by atoms with E-state index in [2.05, 4.69) is 42.6 Å². The molecule has 0 saturated heterocycles. The molecule has 0 spiro atoms. The predicted octanol–water partition coefficient (Wildman–Crippen LogP) is 4.37. The molecule has 6 nitrogen and oxygen atoms in total. The Labute approximate surface area is 167 Å². The van der Waals surface area contributed by atoms with Crippen molar-refractivity contribution in [3.05, 3.63) is 47.3 Å². The molecule has 1 aromatic heterocycles. The first-order chi connectivity index (χ1) is 13.7. The number of hydrogen-bond donors (Lipinski definition) is 2. The Hall–Kier alpha value is -2.50. The van der Waals surface area contributed by atoms with Crippen molar-refractivity contribution in [2.75, 3.05) is 6.54 Å². The lowest BCUT2D eigenvalue weighted by Crippen LogP contribution is -2.36. The van der Waals surface area contributed by atoms with Gasteiger partial charge in [-0.2, -0.15) is 0 Å². The predicted molar refractivity (Wildman–Crippen MR) is 112 cm³/mol. The molecule has 2 N–H and O–H groups in total. The van der Waals surface area contributed by atoms with E-state index < -0.39 is 0 Å². The van der Waals surface area contributed by atoms with Gasteiger partial charge in [-0.15, -0.1) is 0 Å². The van der Waals surface area contributed by atoms with Gasteiger partial charge in [0.2, 0.25) is 0 Å². The molecule has 1 aromatic carbocycles. The fraction of sp³-hybridized carbons (Fsp3) is 0.545. The van der Waals surface area contributed by atoms with Crippen molar-refractivity contribution < 1.29 is 9.26 Å². The van der Waals surface area contributed by atoms with Gasteiger partial charge in [0.1, 0.15) is 5.75 Å². The van der Waals surface area contributed by atoms with Crippen LogP contribution in [-0.2, 0) is 13.1 Å². The summed E-state index contributed by atoms with van der Waals surface area (Å²) < 4.78 is 11.6. The number of nitrogens with one attached hydrogen (secondary N) is 2. The molecule has 3 rings (SSSR count). The number of aliphatic imine (C=N–C) groups is 1. The molecule has 1 aliphatic carbocycles. The van der Waals surface area contributed by atoms with E-state index in [1.807, 2.05) is 24.3 Å². The van der Waals surface area contributed by atoms with Crippen molar-refractivity contribution in [3.8, 4) is 5.75 Å². The van der Waals surface area contributed by atoms with Crippen molar-refractivity contribution >= 4 is 5.96 Å². The molecule has 1 aliphatic rings. The van der Waals surface area contributed by atoms with Crippen LogP contribution in [0.1, 0.15) is 69.4 Å². The average Bonchev–Trinajstić information content (AvgIpc) is 3.37. The average molecular weight is 385 g/mol. The zero-order valence-corrected chi connectivity index (χ0v) is 17.2. The van der Waals surface area contributed by atoms with E-state index in [4.69, 9.17) is 14.3 Å². The second kappa shape index (κ2) is 10.2. The van der Waals surface area contributed by atoms with Gasteiger partial charge in [0, 0.05) is 18.2 Å². The van der Waals surface area contributed by atoms with Crippen LogP contribution in [0, 0.1) is 0 Å². The molecule has 2 aromatic rings. The van der Waals surface area contributed by atoms with Crippen LogP contribution in [0.15, 0.2) is 39.8 Å². The summed E-state index contributed by atoms with van der Waals surface area (Å²) in [5.74, 6) is 2.86. The van der Waals surface area contributed by atoms with Crippen LogP contribution in [0.2, 0.25) is 0 Å². The van der Waals surface area contributed by atoms with Crippen LogP contribution in [0.3, 0.4) is 0 Å². The number of rotatable bonds is 8. The number of ether oxygens (including phenoxy) is 1. The highest BCUT2D eigenvalue weighted by Crippen LogP contribution is 2.27. The Kier molecular flexibility index (Phi) is 7.34. The van der Waals surface area contributed by atoms with E-state index in [-0.39, 0.29) is 0 Å². The quantitative estimate of drug-likeness (QED) is 0.522. The largest absolute Gasteiger partial charge is 0.490 e. The second-order valence-corrected chi connectivity index (χ2v) is 7.55. The molecule has 0 bridgehead atoms. The van der Waals surface area contributed by atoms with Crippen molar-refractivity contribution in [1.82, 2.24) is 15.8 Å². The molecule has 0 unspecified atom stereocenters. The molecule has 0 amide bonds. The fourth-order valence-electron chi connectivity index (χ4n) is 3.30. The minimum Gasteiger partial charge on any atom is -0.490 e. The van der Waals surface area contributed by atoms with Gasteiger partial charge in [-0.1, -0.05) is 37.2 Å². The lowest BCUT2D eigenvalue weighted by Gasteiger charge is -2.16. The highest BCUT2D eigenvalue weighted by atomic mass is 16.5. The summed E-state index contributed by atoms with van der Waals surface area (Å²) in [6.07, 6.45) is 5.17. The molecule has 0 radical (unpaired) electrons. The number of aromatic nitrogens is 1. The number of nitrogens with zero attached hydrogens (tertiary/aromatic N) is 2. The number of guanidine groups is 1. The molecular weight excluding hydrogens is 352 g/mol. The zero-order chi connectivity index (χ0) is 19.8. The Morgan fingerprint density at radius 1 is 1.25 bits per heavy atom. The standard InChI is InChI=1S/C22H32N4O2/c1-4-23-22(25-15-19-13-20(16(2)3)26-28-19)24-14-17-9-5-8-12-21(17)27-18-10-6-7-11-18/h5,8-9,12-13,16,18H,4,6-7,10-11,14-15H2,1-3H3,(H2,23,24,25). The summed E-state index contributed by atoms with van der Waals surface area (Å²) in [4.78, 5) is 4.73. The van der Waals surface area contributed by atoms with Gasteiger partial charge < -0.3 is 19.9 Å². The van der Waals surface area contributed by atoms with Gasteiger partial charge in [0.25, 0.3) is 0 Å². The second-order valence-electron chi connectivity index (χ2n) is 7.55. The highest BCUT2D eigenvalue weighted by molar-refractivity contribution is 5.79. The maximum atomic E-state index is 6.22. The van der Waals surface area contributed by atoms with Crippen LogP contribution in [0.25, 0.3) is 0 Å². The van der Waals surface area contributed by atoms with Crippen LogP contribution in [0.5, 0.6) is 5.75 Å². The summed E-state index contributed by atoms with van der Waals surface area (Å²) in [5, 5.41) is 10.7. The first-order valence-corrected chi connectivity index (χ1v) is 10.4. The van der Waals surface area contributed by atoms with Gasteiger partial charge in [0.15, 0.2) is 11.7 Å². The van der Waals surface area contributed by atoms with E-state index in [1.165, 1.54) is 12.8 Å². The van der Waals surface area contributed by atoms with E-state index >= 15 is 0 Å². The summed E-state index contributed by atoms with van der Waals surface area (Å²) in [7, 11) is 0. The van der Waals surface area contributed by atoms with Gasteiger partial charge in [-0.25, -0.2) is 4.99 Å². The summed E-state index contributed by atoms with van der Waals surface area (Å²) in [5.41, 5.74) is 2.07. The molecule has 6 heteroatoms. The third kappa shape index (κ3) is 5.75. The van der Waals surface area contributed by atoms with Crippen LogP contribution in [0.4, 0.5) is 0 Å². The van der Waals surface area contributed by atoms with E-state index in [0.717, 1.165) is 48.1 Å². The maximum absolute atomic E-state index is 6.22. The molecular formula is C22H32N4O2. The zero-order valence-electron chi connectivity index (χ0n) is 17.2. The van der Waals surface area contributed by atoms with Gasteiger partial charge in [0.05, 0.1) is 24.9 Å². The van der Waals surface area contributed by atoms with E-state index in [9.17, 15) is 0 Å². The first-order valence-electron chi connectivity index (χ1n) is 10.4. The Balaban J connectivity index is 1.62.